The van der Waals surface area contributed by atoms with Gasteiger partial charge in [0.2, 0.25) is 0 Å². The van der Waals surface area contributed by atoms with Gasteiger partial charge in [-0.2, -0.15) is 0 Å². The lowest BCUT2D eigenvalue weighted by Gasteiger charge is -2.27. The first-order chi connectivity index (χ1) is 15.1. The van der Waals surface area contributed by atoms with Gasteiger partial charge in [0.25, 0.3) is 0 Å². The standard InChI is InChI=1S/C26H29NO4/c1-2-30-26(29)17-31-24-12-10-19-9-11-23(14-22(19)15-24)27-16-25(28)21-8-7-18-5-3-4-6-20(18)13-21/h3-8,10,12-13,15,23,25,27-28H,2,9,11,14,16-17H2,1H3/t23?,25-/m1/s1. The zero-order valence-corrected chi connectivity index (χ0v) is 17.8. The number of carbonyl (C=O) groups excluding carboxylic acids is 1. The Labute approximate surface area is 183 Å². The van der Waals surface area contributed by atoms with E-state index in [9.17, 15) is 9.90 Å². The van der Waals surface area contributed by atoms with Crippen LogP contribution in [0.25, 0.3) is 10.8 Å². The first kappa shape index (κ1) is 21.3. The van der Waals surface area contributed by atoms with Gasteiger partial charge in [-0.05, 0) is 71.8 Å². The Hall–Kier alpha value is -2.89. The van der Waals surface area contributed by atoms with Crippen LogP contribution < -0.4 is 10.1 Å². The van der Waals surface area contributed by atoms with Gasteiger partial charge in [-0.25, -0.2) is 4.79 Å². The molecule has 0 fully saturated rings. The van der Waals surface area contributed by atoms with Crippen LogP contribution in [0.1, 0.15) is 36.1 Å². The normalized spacial score (nSPS) is 16.5. The Morgan fingerprint density at radius 3 is 2.77 bits per heavy atom. The molecule has 0 saturated heterocycles. The highest BCUT2D eigenvalue weighted by Gasteiger charge is 2.20. The summed E-state index contributed by atoms with van der Waals surface area (Å²) in [6.07, 6.45) is 2.33. The largest absolute Gasteiger partial charge is 0.482 e. The summed E-state index contributed by atoms with van der Waals surface area (Å²) >= 11 is 0. The summed E-state index contributed by atoms with van der Waals surface area (Å²) in [6.45, 7) is 2.56. The molecule has 0 radical (unpaired) electrons. The van der Waals surface area contributed by atoms with Gasteiger partial charge in [0.15, 0.2) is 6.61 Å². The van der Waals surface area contributed by atoms with E-state index in [-0.39, 0.29) is 12.6 Å². The number of carbonyl (C=O) groups is 1. The Morgan fingerprint density at radius 1 is 1.10 bits per heavy atom. The minimum atomic E-state index is -0.551. The van der Waals surface area contributed by atoms with Crippen molar-refractivity contribution in [1.29, 1.82) is 0 Å². The first-order valence-electron chi connectivity index (χ1n) is 10.9. The van der Waals surface area contributed by atoms with Crippen molar-refractivity contribution in [1.82, 2.24) is 5.32 Å². The molecule has 0 aliphatic heterocycles. The predicted molar refractivity (Wildman–Crippen MR) is 121 cm³/mol. The molecule has 3 aromatic rings. The van der Waals surface area contributed by atoms with E-state index < -0.39 is 6.10 Å². The van der Waals surface area contributed by atoms with Gasteiger partial charge in [0, 0.05) is 12.6 Å². The van der Waals surface area contributed by atoms with Crippen LogP contribution in [-0.4, -0.2) is 36.9 Å². The topological polar surface area (TPSA) is 67.8 Å². The second-order valence-corrected chi connectivity index (χ2v) is 7.99. The number of nitrogens with one attached hydrogen (secondary N) is 1. The molecule has 2 N–H and O–H groups in total. The molecule has 2 atom stereocenters. The van der Waals surface area contributed by atoms with Crippen molar-refractivity contribution in [2.75, 3.05) is 19.8 Å². The summed E-state index contributed by atoms with van der Waals surface area (Å²) < 4.78 is 10.5. The quantitative estimate of drug-likeness (QED) is 0.541. The summed E-state index contributed by atoms with van der Waals surface area (Å²) in [5, 5.41) is 16.5. The number of ether oxygens (including phenoxy) is 2. The summed E-state index contributed by atoms with van der Waals surface area (Å²) in [6, 6.07) is 20.6. The van der Waals surface area contributed by atoms with Crippen LogP contribution in [0.5, 0.6) is 5.75 Å². The summed E-state index contributed by atoms with van der Waals surface area (Å²) in [4.78, 5) is 11.5. The first-order valence-corrected chi connectivity index (χ1v) is 10.9. The maximum absolute atomic E-state index is 11.5. The highest BCUT2D eigenvalue weighted by Crippen LogP contribution is 2.26. The number of esters is 1. The van der Waals surface area contributed by atoms with Gasteiger partial charge in [-0.15, -0.1) is 0 Å². The van der Waals surface area contributed by atoms with E-state index in [1.54, 1.807) is 6.92 Å². The number of hydrogen-bond acceptors (Lipinski definition) is 5. The molecule has 5 nitrogen and oxygen atoms in total. The summed E-state index contributed by atoms with van der Waals surface area (Å²) in [7, 11) is 0. The highest BCUT2D eigenvalue weighted by molar-refractivity contribution is 5.83. The SMILES string of the molecule is CCOC(=O)COc1ccc2c(c1)CC(NC[C@@H](O)c1ccc3ccccc3c1)CC2. The maximum Gasteiger partial charge on any atom is 0.344 e. The van der Waals surface area contributed by atoms with Crippen molar-refractivity contribution >= 4 is 16.7 Å². The van der Waals surface area contributed by atoms with Gasteiger partial charge >= 0.3 is 5.97 Å². The van der Waals surface area contributed by atoms with E-state index in [0.29, 0.717) is 24.9 Å². The molecule has 0 bridgehead atoms. The number of benzene rings is 3. The average Bonchev–Trinajstić information content (AvgIpc) is 2.80. The van der Waals surface area contributed by atoms with Crippen LogP contribution >= 0.6 is 0 Å². The predicted octanol–water partition coefficient (Wildman–Crippen LogP) is 3.96. The van der Waals surface area contributed by atoms with Crippen molar-refractivity contribution < 1.29 is 19.4 Å². The molecular weight excluding hydrogens is 390 g/mol. The van der Waals surface area contributed by atoms with Crippen LogP contribution in [0.3, 0.4) is 0 Å². The van der Waals surface area contributed by atoms with Gasteiger partial charge in [0.05, 0.1) is 12.7 Å². The fraction of sp³-hybridized carbons (Fsp3) is 0.346. The van der Waals surface area contributed by atoms with E-state index >= 15 is 0 Å². The Bertz CT molecular complexity index is 1050. The van der Waals surface area contributed by atoms with E-state index in [0.717, 1.165) is 30.2 Å². The average molecular weight is 420 g/mol. The zero-order valence-electron chi connectivity index (χ0n) is 17.8. The van der Waals surface area contributed by atoms with Crippen LogP contribution in [0, 0.1) is 0 Å². The van der Waals surface area contributed by atoms with E-state index in [1.165, 1.54) is 16.5 Å². The molecule has 1 aliphatic rings. The molecule has 31 heavy (non-hydrogen) atoms. The summed E-state index contributed by atoms with van der Waals surface area (Å²) in [5.74, 6) is 0.325. The Kier molecular flexibility index (Phi) is 6.85. The Morgan fingerprint density at radius 2 is 1.94 bits per heavy atom. The number of aliphatic hydroxyl groups is 1. The molecule has 0 amide bonds. The number of aryl methyl sites for hydroxylation is 1. The van der Waals surface area contributed by atoms with Crippen molar-refractivity contribution in [3.63, 3.8) is 0 Å². The lowest BCUT2D eigenvalue weighted by Crippen LogP contribution is -2.37. The van der Waals surface area contributed by atoms with E-state index in [4.69, 9.17) is 9.47 Å². The number of aliphatic hydroxyl groups excluding tert-OH is 1. The molecular formula is C26H29NO4. The van der Waals surface area contributed by atoms with Crippen LogP contribution in [0.2, 0.25) is 0 Å². The van der Waals surface area contributed by atoms with Crippen molar-refractivity contribution in [2.45, 2.75) is 38.3 Å². The molecule has 0 saturated carbocycles. The fourth-order valence-corrected chi connectivity index (χ4v) is 4.15. The molecule has 1 unspecified atom stereocenters. The van der Waals surface area contributed by atoms with E-state index in [1.807, 2.05) is 30.3 Å². The van der Waals surface area contributed by atoms with Gasteiger partial charge in [0.1, 0.15) is 5.75 Å². The van der Waals surface area contributed by atoms with E-state index in [2.05, 4.69) is 35.6 Å². The second kappa shape index (κ2) is 9.94. The number of rotatable bonds is 8. The molecule has 0 spiro atoms. The van der Waals surface area contributed by atoms with Gasteiger partial charge in [-0.3, -0.25) is 0 Å². The summed E-state index contributed by atoms with van der Waals surface area (Å²) in [5.41, 5.74) is 3.47. The van der Waals surface area contributed by atoms with Crippen LogP contribution in [0.4, 0.5) is 0 Å². The zero-order chi connectivity index (χ0) is 21.6. The van der Waals surface area contributed by atoms with Crippen LogP contribution in [0.15, 0.2) is 60.7 Å². The molecule has 0 aromatic heterocycles. The lowest BCUT2D eigenvalue weighted by atomic mass is 9.88. The molecule has 4 rings (SSSR count). The molecule has 5 heteroatoms. The van der Waals surface area contributed by atoms with Gasteiger partial charge < -0.3 is 19.9 Å². The Balaban J connectivity index is 1.33. The maximum atomic E-state index is 11.5. The smallest absolute Gasteiger partial charge is 0.344 e. The number of fused-ring (bicyclic) bond motifs is 2. The third kappa shape index (κ3) is 5.43. The van der Waals surface area contributed by atoms with Crippen molar-refractivity contribution in [2.24, 2.45) is 0 Å². The second-order valence-electron chi connectivity index (χ2n) is 7.99. The minimum absolute atomic E-state index is 0.0771. The number of hydrogen-bond donors (Lipinski definition) is 2. The van der Waals surface area contributed by atoms with Crippen LogP contribution in [-0.2, 0) is 22.4 Å². The van der Waals surface area contributed by atoms with Crippen molar-refractivity contribution in [3.05, 3.63) is 77.4 Å². The molecule has 3 aromatic carbocycles. The fourth-order valence-electron chi connectivity index (χ4n) is 4.15. The third-order valence-corrected chi connectivity index (χ3v) is 5.83. The highest BCUT2D eigenvalue weighted by atomic mass is 16.6. The molecule has 1 aliphatic carbocycles. The van der Waals surface area contributed by atoms with Gasteiger partial charge in [-0.1, -0.05) is 42.5 Å². The molecule has 0 heterocycles. The lowest BCUT2D eigenvalue weighted by molar-refractivity contribution is -0.145. The monoisotopic (exact) mass is 419 g/mol. The van der Waals surface area contributed by atoms with Crippen molar-refractivity contribution in [3.8, 4) is 5.75 Å². The minimum Gasteiger partial charge on any atom is -0.482 e. The third-order valence-electron chi connectivity index (χ3n) is 5.83. The molecule has 162 valence electrons.